The van der Waals surface area contributed by atoms with Crippen molar-refractivity contribution in [2.75, 3.05) is 0 Å². The minimum Gasteiger partial charge on any atom is -0.447 e. The van der Waals surface area contributed by atoms with Crippen molar-refractivity contribution in [1.82, 2.24) is 0 Å². The van der Waals surface area contributed by atoms with Gasteiger partial charge in [-0.15, -0.1) is 0 Å². The van der Waals surface area contributed by atoms with Crippen LogP contribution in [0, 0.1) is 0 Å². The second-order valence-corrected chi connectivity index (χ2v) is 11.7. The van der Waals surface area contributed by atoms with Gasteiger partial charge in [-0.2, -0.15) is 13.2 Å². The molecule has 0 bridgehead atoms. The van der Waals surface area contributed by atoms with Crippen molar-refractivity contribution >= 4 is 14.0 Å². The zero-order chi connectivity index (χ0) is 15.3. The Bertz CT molecular complexity index is 548. The number of carbonyl (C=O) groups excluding carboxylic acids is 1. The van der Waals surface area contributed by atoms with Crippen LogP contribution in [0.1, 0.15) is 23.6 Å². The van der Waals surface area contributed by atoms with E-state index in [2.05, 4.69) is 19.6 Å². The molecule has 20 heavy (non-hydrogen) atoms. The van der Waals surface area contributed by atoms with Crippen LogP contribution in [0.3, 0.4) is 0 Å². The van der Waals surface area contributed by atoms with E-state index in [0.29, 0.717) is 5.56 Å². The number of esters is 1. The summed E-state index contributed by atoms with van der Waals surface area (Å²) in [6.45, 7) is 7.77. The molecule has 1 aliphatic carbocycles. The molecule has 110 valence electrons. The SMILES string of the molecule is C[C@@]1(OC(=O)C(F)(F)F)c2ccccc2[C@@H]1[Si](C)(C)C. The Hall–Kier alpha value is -1.30. The van der Waals surface area contributed by atoms with Crippen LogP contribution in [-0.2, 0) is 15.1 Å². The van der Waals surface area contributed by atoms with E-state index in [0.717, 1.165) is 5.56 Å². The van der Waals surface area contributed by atoms with Gasteiger partial charge in [0.15, 0.2) is 0 Å². The molecule has 1 aromatic rings. The van der Waals surface area contributed by atoms with Crippen LogP contribution in [0.2, 0.25) is 19.6 Å². The molecule has 6 heteroatoms. The summed E-state index contributed by atoms with van der Waals surface area (Å²) in [4.78, 5) is 11.2. The minimum absolute atomic E-state index is 0.127. The van der Waals surface area contributed by atoms with Crippen LogP contribution >= 0.6 is 0 Å². The summed E-state index contributed by atoms with van der Waals surface area (Å²) in [7, 11) is -1.83. The van der Waals surface area contributed by atoms with Crippen LogP contribution in [0.15, 0.2) is 24.3 Å². The highest BCUT2D eigenvalue weighted by Gasteiger charge is 2.58. The lowest BCUT2D eigenvalue weighted by molar-refractivity contribution is -0.216. The number of alkyl halides is 3. The van der Waals surface area contributed by atoms with E-state index in [1.165, 1.54) is 0 Å². The van der Waals surface area contributed by atoms with Crippen LogP contribution < -0.4 is 0 Å². The first-order chi connectivity index (χ1) is 8.98. The van der Waals surface area contributed by atoms with E-state index >= 15 is 0 Å². The van der Waals surface area contributed by atoms with Crippen LogP contribution in [0.5, 0.6) is 0 Å². The molecule has 2 rings (SSSR count). The standard InChI is InChI=1S/C14H17F3O2Si/c1-13(19-12(18)14(15,16)17)10-8-6-5-7-9(10)11(13)20(2,3)4/h5-8,11H,1-4H3/t11-,13+/m0/s1. The quantitative estimate of drug-likeness (QED) is 0.610. The average molecular weight is 302 g/mol. The molecule has 2 nitrogen and oxygen atoms in total. The van der Waals surface area contributed by atoms with Crippen LogP contribution in [0.4, 0.5) is 13.2 Å². The highest BCUT2D eigenvalue weighted by Crippen LogP contribution is 2.56. The Balaban J connectivity index is 2.42. The maximum atomic E-state index is 12.5. The van der Waals surface area contributed by atoms with Crippen molar-refractivity contribution in [3.8, 4) is 0 Å². The smallest absolute Gasteiger partial charge is 0.447 e. The molecule has 0 aromatic heterocycles. The number of rotatable bonds is 2. The average Bonchev–Trinajstić information content (AvgIpc) is 2.25. The summed E-state index contributed by atoms with van der Waals surface area (Å²) in [6.07, 6.45) is -4.96. The van der Waals surface area contributed by atoms with Gasteiger partial charge in [-0.1, -0.05) is 43.9 Å². The van der Waals surface area contributed by atoms with Gasteiger partial charge in [0, 0.05) is 5.54 Å². The number of ether oxygens (including phenoxy) is 1. The zero-order valence-electron chi connectivity index (χ0n) is 11.8. The summed E-state index contributed by atoms with van der Waals surface area (Å²) < 4.78 is 42.3. The summed E-state index contributed by atoms with van der Waals surface area (Å²) in [5.41, 5.74) is 0.389. The molecule has 2 atom stereocenters. The maximum Gasteiger partial charge on any atom is 0.490 e. The van der Waals surface area contributed by atoms with E-state index in [9.17, 15) is 18.0 Å². The fourth-order valence-corrected chi connectivity index (χ4v) is 6.28. The van der Waals surface area contributed by atoms with Crippen molar-refractivity contribution in [3.63, 3.8) is 0 Å². The van der Waals surface area contributed by atoms with Crippen LogP contribution in [0.25, 0.3) is 0 Å². The Morgan fingerprint density at radius 3 is 2.30 bits per heavy atom. The Labute approximate surface area is 116 Å². The second kappa shape index (κ2) is 4.34. The van der Waals surface area contributed by atoms with Gasteiger partial charge in [-0.25, -0.2) is 4.79 Å². The monoisotopic (exact) mass is 302 g/mol. The number of halogens is 3. The molecular weight excluding hydrogens is 285 g/mol. The lowest BCUT2D eigenvalue weighted by Crippen LogP contribution is -2.55. The third-order valence-corrected chi connectivity index (χ3v) is 6.35. The minimum atomic E-state index is -4.96. The maximum absolute atomic E-state index is 12.5. The molecule has 0 heterocycles. The number of benzene rings is 1. The predicted octanol–water partition coefficient (Wildman–Crippen LogP) is 3.98. The zero-order valence-corrected chi connectivity index (χ0v) is 12.8. The number of hydrogen-bond donors (Lipinski definition) is 0. The van der Waals surface area contributed by atoms with Gasteiger partial charge in [0.1, 0.15) is 5.60 Å². The second-order valence-electron chi connectivity index (χ2n) is 6.38. The Morgan fingerprint density at radius 2 is 1.80 bits per heavy atom. The summed E-state index contributed by atoms with van der Waals surface area (Å²) in [5, 5.41) is 0. The molecule has 0 saturated heterocycles. The number of carbonyl (C=O) groups is 1. The Kier molecular flexibility index (Phi) is 3.28. The lowest BCUT2D eigenvalue weighted by Gasteiger charge is -2.53. The first kappa shape index (κ1) is 15.1. The largest absolute Gasteiger partial charge is 0.490 e. The highest BCUT2D eigenvalue weighted by molar-refractivity contribution is 6.78. The van der Waals surface area contributed by atoms with Gasteiger partial charge in [0.2, 0.25) is 0 Å². The van der Waals surface area contributed by atoms with Gasteiger partial charge in [-0.05, 0) is 18.1 Å². The van der Waals surface area contributed by atoms with Crippen molar-refractivity contribution < 1.29 is 22.7 Å². The van der Waals surface area contributed by atoms with Crippen molar-refractivity contribution in [2.24, 2.45) is 0 Å². The van der Waals surface area contributed by atoms with E-state index in [-0.39, 0.29) is 5.54 Å². The fraction of sp³-hybridized carbons (Fsp3) is 0.500. The van der Waals surface area contributed by atoms with Gasteiger partial charge in [-0.3, -0.25) is 0 Å². The summed E-state index contributed by atoms with van der Waals surface area (Å²) >= 11 is 0. The molecular formula is C14H17F3O2Si. The molecule has 0 aliphatic heterocycles. The fourth-order valence-electron chi connectivity index (χ4n) is 3.23. The molecule has 0 fully saturated rings. The third-order valence-electron chi connectivity index (χ3n) is 3.76. The first-order valence-corrected chi connectivity index (χ1v) is 9.95. The molecule has 0 unspecified atom stereocenters. The van der Waals surface area contributed by atoms with E-state index in [4.69, 9.17) is 4.74 Å². The van der Waals surface area contributed by atoms with E-state index < -0.39 is 25.8 Å². The van der Waals surface area contributed by atoms with E-state index in [1.54, 1.807) is 19.1 Å². The predicted molar refractivity (Wildman–Crippen MR) is 72.0 cm³/mol. The molecule has 0 amide bonds. The molecule has 0 spiro atoms. The normalized spacial score (nSPS) is 25.6. The molecule has 1 aliphatic rings. The van der Waals surface area contributed by atoms with Gasteiger partial charge in [0.05, 0.1) is 8.07 Å². The lowest BCUT2D eigenvalue weighted by atomic mass is 9.73. The summed E-state index contributed by atoms with van der Waals surface area (Å²) in [6, 6.07) is 7.24. The van der Waals surface area contributed by atoms with Gasteiger partial charge >= 0.3 is 12.1 Å². The molecule has 0 saturated carbocycles. The topological polar surface area (TPSA) is 26.3 Å². The van der Waals surface area contributed by atoms with Gasteiger partial charge in [0.25, 0.3) is 0 Å². The van der Waals surface area contributed by atoms with Crippen molar-refractivity contribution in [1.29, 1.82) is 0 Å². The summed E-state index contributed by atoms with van der Waals surface area (Å²) in [5.74, 6) is -2.11. The highest BCUT2D eigenvalue weighted by atomic mass is 28.3. The van der Waals surface area contributed by atoms with E-state index in [1.807, 2.05) is 12.1 Å². The molecule has 0 N–H and O–H groups in total. The Morgan fingerprint density at radius 1 is 1.25 bits per heavy atom. The van der Waals surface area contributed by atoms with Crippen LogP contribution in [-0.4, -0.2) is 20.2 Å². The number of fused-ring (bicyclic) bond motifs is 1. The van der Waals surface area contributed by atoms with Crippen molar-refractivity contribution in [3.05, 3.63) is 35.4 Å². The van der Waals surface area contributed by atoms with Gasteiger partial charge < -0.3 is 4.74 Å². The first-order valence-electron chi connectivity index (χ1n) is 6.37. The third kappa shape index (κ3) is 2.26. The molecule has 0 radical (unpaired) electrons. The van der Waals surface area contributed by atoms with Crippen molar-refractivity contribution in [2.45, 2.75) is 43.9 Å². The number of hydrogen-bond acceptors (Lipinski definition) is 2. The molecule has 1 aromatic carbocycles.